The van der Waals surface area contributed by atoms with Gasteiger partial charge in [0.1, 0.15) is 0 Å². The molecule has 0 aliphatic heterocycles. The average molecular weight is 329 g/mol. The Morgan fingerprint density at radius 1 is 1.35 bits per heavy atom. The summed E-state index contributed by atoms with van der Waals surface area (Å²) in [5, 5.41) is 7.24. The first-order chi connectivity index (χ1) is 11.2. The molecule has 2 aromatic rings. The molecule has 0 bridgehead atoms. The van der Waals surface area contributed by atoms with Gasteiger partial charge in [-0.1, -0.05) is 11.6 Å². The van der Waals surface area contributed by atoms with E-state index in [9.17, 15) is 4.79 Å². The summed E-state index contributed by atoms with van der Waals surface area (Å²) in [5.41, 5.74) is 3.48. The van der Waals surface area contributed by atoms with Crippen molar-refractivity contribution in [2.24, 2.45) is 0 Å². The third-order valence-electron chi connectivity index (χ3n) is 4.10. The Balaban J connectivity index is 1.43. The van der Waals surface area contributed by atoms with Crippen molar-refractivity contribution in [3.8, 4) is 0 Å². The highest BCUT2D eigenvalue weighted by atomic mass is 32.1. The standard InChI is InChI=1S/C18H23N3OS/c1-13-21-16-8-7-15(11-17(16)23-13)20-12-18(22)19-10-9-14-5-3-2-4-6-14/h5,7-8,11,20H,2-4,6,9-10,12H2,1H3,(H,19,22). The van der Waals surface area contributed by atoms with Crippen LogP contribution in [0.15, 0.2) is 29.8 Å². The lowest BCUT2D eigenvalue weighted by atomic mass is 9.97. The molecule has 0 fully saturated rings. The number of allylic oxidation sites excluding steroid dienone is 1. The van der Waals surface area contributed by atoms with Crippen molar-refractivity contribution >= 4 is 33.1 Å². The predicted octanol–water partition coefficient (Wildman–Crippen LogP) is 4.02. The van der Waals surface area contributed by atoms with Crippen molar-refractivity contribution in [1.82, 2.24) is 10.3 Å². The highest BCUT2D eigenvalue weighted by Crippen LogP contribution is 2.24. The number of fused-ring (bicyclic) bond motifs is 1. The summed E-state index contributed by atoms with van der Waals surface area (Å²) in [5.74, 6) is 0.0435. The first-order valence-electron chi connectivity index (χ1n) is 8.26. The van der Waals surface area contributed by atoms with Gasteiger partial charge in [-0.05, 0) is 57.2 Å². The van der Waals surface area contributed by atoms with Crippen molar-refractivity contribution in [1.29, 1.82) is 0 Å². The number of carbonyl (C=O) groups excluding carboxylic acids is 1. The Bertz CT molecular complexity index is 720. The minimum absolute atomic E-state index is 0.0435. The molecular weight excluding hydrogens is 306 g/mol. The molecule has 23 heavy (non-hydrogen) atoms. The fourth-order valence-electron chi connectivity index (χ4n) is 2.89. The Morgan fingerprint density at radius 2 is 2.26 bits per heavy atom. The molecule has 122 valence electrons. The van der Waals surface area contributed by atoms with E-state index in [0.717, 1.165) is 33.9 Å². The van der Waals surface area contributed by atoms with Gasteiger partial charge in [-0.3, -0.25) is 4.79 Å². The predicted molar refractivity (Wildman–Crippen MR) is 97.0 cm³/mol. The van der Waals surface area contributed by atoms with Crippen LogP contribution in [0.4, 0.5) is 5.69 Å². The van der Waals surface area contributed by atoms with Crippen LogP contribution in [0.1, 0.15) is 37.1 Å². The van der Waals surface area contributed by atoms with Crippen molar-refractivity contribution in [2.75, 3.05) is 18.4 Å². The van der Waals surface area contributed by atoms with Gasteiger partial charge in [0.25, 0.3) is 0 Å². The van der Waals surface area contributed by atoms with Gasteiger partial charge >= 0.3 is 0 Å². The fraction of sp³-hybridized carbons (Fsp3) is 0.444. The van der Waals surface area contributed by atoms with E-state index in [1.165, 1.54) is 31.3 Å². The topological polar surface area (TPSA) is 54.0 Å². The van der Waals surface area contributed by atoms with Gasteiger partial charge < -0.3 is 10.6 Å². The van der Waals surface area contributed by atoms with Crippen molar-refractivity contribution < 1.29 is 4.79 Å². The number of hydrogen-bond donors (Lipinski definition) is 2. The van der Waals surface area contributed by atoms with Crippen molar-refractivity contribution in [3.63, 3.8) is 0 Å². The van der Waals surface area contributed by atoms with Crippen LogP contribution in [-0.4, -0.2) is 24.0 Å². The zero-order valence-corrected chi connectivity index (χ0v) is 14.3. The fourth-order valence-corrected chi connectivity index (χ4v) is 3.76. The number of hydrogen-bond acceptors (Lipinski definition) is 4. The van der Waals surface area contributed by atoms with Crippen LogP contribution in [-0.2, 0) is 4.79 Å². The summed E-state index contributed by atoms with van der Waals surface area (Å²) in [6.45, 7) is 3.05. The second-order valence-electron chi connectivity index (χ2n) is 5.98. The number of rotatable bonds is 6. The van der Waals surface area contributed by atoms with Crippen LogP contribution in [0.5, 0.6) is 0 Å². The number of aromatic nitrogens is 1. The number of benzene rings is 1. The summed E-state index contributed by atoms with van der Waals surface area (Å²) >= 11 is 1.67. The van der Waals surface area contributed by atoms with E-state index >= 15 is 0 Å². The maximum atomic E-state index is 11.9. The Morgan fingerprint density at radius 3 is 3.09 bits per heavy atom. The van der Waals surface area contributed by atoms with Gasteiger partial charge in [0.15, 0.2) is 0 Å². The smallest absolute Gasteiger partial charge is 0.239 e. The minimum Gasteiger partial charge on any atom is -0.376 e. The molecule has 1 aliphatic carbocycles. The van der Waals surface area contributed by atoms with Gasteiger partial charge in [0.2, 0.25) is 5.91 Å². The molecule has 0 saturated heterocycles. The molecule has 1 amide bonds. The highest BCUT2D eigenvalue weighted by Gasteiger charge is 2.06. The zero-order valence-electron chi connectivity index (χ0n) is 13.5. The van der Waals surface area contributed by atoms with E-state index in [0.29, 0.717) is 6.54 Å². The third-order valence-corrected chi connectivity index (χ3v) is 5.04. The second kappa shape index (κ2) is 7.59. The Kier molecular flexibility index (Phi) is 5.28. The van der Waals surface area contributed by atoms with Gasteiger partial charge in [0.05, 0.1) is 21.8 Å². The van der Waals surface area contributed by atoms with Crippen LogP contribution < -0.4 is 10.6 Å². The number of carbonyl (C=O) groups is 1. The molecule has 0 spiro atoms. The minimum atomic E-state index is 0.0435. The summed E-state index contributed by atoms with van der Waals surface area (Å²) in [6.07, 6.45) is 8.31. The van der Waals surface area contributed by atoms with Crippen LogP contribution >= 0.6 is 11.3 Å². The lowest BCUT2D eigenvalue weighted by molar-refractivity contribution is -0.119. The van der Waals surface area contributed by atoms with Gasteiger partial charge in [0, 0.05) is 12.2 Å². The maximum absolute atomic E-state index is 11.9. The van der Waals surface area contributed by atoms with E-state index in [-0.39, 0.29) is 5.91 Å². The molecule has 1 heterocycles. The second-order valence-corrected chi connectivity index (χ2v) is 7.21. The van der Waals surface area contributed by atoms with E-state index in [1.54, 1.807) is 11.3 Å². The summed E-state index contributed by atoms with van der Waals surface area (Å²) in [7, 11) is 0. The van der Waals surface area contributed by atoms with Gasteiger partial charge in [-0.2, -0.15) is 0 Å². The van der Waals surface area contributed by atoms with Crippen LogP contribution in [0.25, 0.3) is 10.2 Å². The SMILES string of the molecule is Cc1nc2ccc(NCC(=O)NCCC3=CCCCC3)cc2s1. The van der Waals surface area contributed by atoms with Crippen LogP contribution in [0.2, 0.25) is 0 Å². The summed E-state index contributed by atoms with van der Waals surface area (Å²) in [4.78, 5) is 16.4. The first-order valence-corrected chi connectivity index (χ1v) is 9.08. The Hall–Kier alpha value is -1.88. The molecular formula is C18H23N3OS. The Labute approximate surface area is 141 Å². The monoisotopic (exact) mass is 329 g/mol. The quantitative estimate of drug-likeness (QED) is 0.787. The lowest BCUT2D eigenvalue weighted by Crippen LogP contribution is -2.30. The molecule has 2 N–H and O–H groups in total. The number of nitrogens with zero attached hydrogens (tertiary/aromatic N) is 1. The van der Waals surface area contributed by atoms with E-state index < -0.39 is 0 Å². The lowest BCUT2D eigenvalue weighted by Gasteiger charge is -2.13. The summed E-state index contributed by atoms with van der Waals surface area (Å²) in [6, 6.07) is 6.02. The van der Waals surface area contributed by atoms with E-state index in [1.807, 2.05) is 19.1 Å². The number of amides is 1. The number of thiazole rings is 1. The van der Waals surface area contributed by atoms with Crippen molar-refractivity contribution in [3.05, 3.63) is 34.9 Å². The molecule has 0 saturated carbocycles. The average Bonchev–Trinajstić information content (AvgIpc) is 2.93. The van der Waals surface area contributed by atoms with Crippen molar-refractivity contribution in [2.45, 2.75) is 39.0 Å². The molecule has 5 heteroatoms. The molecule has 0 atom stereocenters. The number of aryl methyl sites for hydroxylation is 1. The first kappa shape index (κ1) is 16.0. The molecule has 4 nitrogen and oxygen atoms in total. The highest BCUT2D eigenvalue weighted by molar-refractivity contribution is 7.18. The van der Waals surface area contributed by atoms with Crippen LogP contribution in [0.3, 0.4) is 0 Å². The van der Waals surface area contributed by atoms with E-state index in [2.05, 4.69) is 27.8 Å². The maximum Gasteiger partial charge on any atom is 0.239 e. The zero-order chi connectivity index (χ0) is 16.1. The summed E-state index contributed by atoms with van der Waals surface area (Å²) < 4.78 is 1.15. The number of nitrogens with one attached hydrogen (secondary N) is 2. The van der Waals surface area contributed by atoms with Gasteiger partial charge in [-0.25, -0.2) is 4.98 Å². The largest absolute Gasteiger partial charge is 0.376 e. The third kappa shape index (κ3) is 4.55. The molecule has 1 aliphatic rings. The van der Waals surface area contributed by atoms with E-state index in [4.69, 9.17) is 0 Å². The van der Waals surface area contributed by atoms with Crippen LogP contribution in [0, 0.1) is 6.92 Å². The molecule has 1 aromatic heterocycles. The molecule has 3 rings (SSSR count). The van der Waals surface area contributed by atoms with Gasteiger partial charge in [-0.15, -0.1) is 11.3 Å². The molecule has 1 aromatic carbocycles. The normalized spacial score (nSPS) is 14.6. The molecule has 0 radical (unpaired) electrons. The molecule has 0 unspecified atom stereocenters. The number of anilines is 1.